The molecule has 3 N–H and O–H groups in total. The molecule has 0 unspecified atom stereocenters. The smallest absolute Gasteiger partial charge is 0.320 e. The molecule has 0 saturated carbocycles. The van der Waals surface area contributed by atoms with Crippen molar-refractivity contribution in [3.63, 3.8) is 0 Å². The number of aromatic nitrogens is 3. The van der Waals surface area contributed by atoms with Crippen LogP contribution in [0.1, 0.15) is 5.69 Å². The van der Waals surface area contributed by atoms with Crippen LogP contribution in [0.2, 0.25) is 0 Å². The number of amides is 2. The fourth-order valence-corrected chi connectivity index (χ4v) is 3.41. The molecule has 2 amide bonds. The van der Waals surface area contributed by atoms with Gasteiger partial charge in [-0.15, -0.1) is 11.3 Å². The summed E-state index contributed by atoms with van der Waals surface area (Å²) < 4.78 is 5.67. The van der Waals surface area contributed by atoms with Crippen LogP contribution in [0.3, 0.4) is 0 Å². The third kappa shape index (κ3) is 4.81. The predicted octanol–water partition coefficient (Wildman–Crippen LogP) is 2.52. The van der Waals surface area contributed by atoms with Gasteiger partial charge in [0.2, 0.25) is 5.88 Å². The lowest BCUT2D eigenvalue weighted by Gasteiger charge is -2.26. The van der Waals surface area contributed by atoms with Gasteiger partial charge < -0.3 is 15.4 Å². The van der Waals surface area contributed by atoms with Gasteiger partial charge in [0.05, 0.1) is 18.8 Å². The van der Waals surface area contributed by atoms with Crippen LogP contribution >= 0.6 is 11.3 Å². The first-order chi connectivity index (χ1) is 13.8. The summed E-state index contributed by atoms with van der Waals surface area (Å²) in [5, 5.41) is 11.5. The molecular formula is C19H20N6O2S. The van der Waals surface area contributed by atoms with Crippen molar-refractivity contribution in [3.05, 3.63) is 53.8 Å². The molecule has 4 heterocycles. The van der Waals surface area contributed by atoms with E-state index in [1.807, 2.05) is 17.5 Å². The van der Waals surface area contributed by atoms with Crippen molar-refractivity contribution in [2.24, 2.45) is 5.92 Å². The molecule has 3 aromatic heterocycles. The Labute approximate surface area is 166 Å². The molecule has 9 heteroatoms. The van der Waals surface area contributed by atoms with E-state index in [1.165, 1.54) is 11.3 Å². The van der Waals surface area contributed by atoms with Crippen molar-refractivity contribution in [2.75, 3.05) is 25.0 Å². The fourth-order valence-electron chi connectivity index (χ4n) is 2.58. The Kier molecular flexibility index (Phi) is 5.74. The number of anilines is 1. The minimum atomic E-state index is -0.341. The van der Waals surface area contributed by atoms with Crippen molar-refractivity contribution in [3.8, 4) is 16.5 Å². The molecule has 0 aliphatic carbocycles. The quantitative estimate of drug-likeness (QED) is 0.567. The SMILES string of the molecule is O=C(NCc1csc(-c2ccncc2)n1)Nc1cccc(OCC2CNC2)n1. The maximum absolute atomic E-state index is 12.2. The maximum Gasteiger partial charge on any atom is 0.320 e. The van der Waals surface area contributed by atoms with Crippen LogP contribution in [-0.2, 0) is 6.54 Å². The van der Waals surface area contributed by atoms with Crippen molar-refractivity contribution in [1.29, 1.82) is 0 Å². The highest BCUT2D eigenvalue weighted by Crippen LogP contribution is 2.22. The molecule has 3 aromatic rings. The number of ether oxygens (including phenoxy) is 1. The van der Waals surface area contributed by atoms with E-state index in [1.54, 1.807) is 30.6 Å². The molecule has 144 valence electrons. The van der Waals surface area contributed by atoms with Gasteiger partial charge in [-0.25, -0.2) is 9.78 Å². The zero-order chi connectivity index (χ0) is 19.2. The van der Waals surface area contributed by atoms with Gasteiger partial charge in [0.25, 0.3) is 0 Å². The Hall–Kier alpha value is -3.04. The maximum atomic E-state index is 12.2. The van der Waals surface area contributed by atoms with Crippen LogP contribution in [0.15, 0.2) is 48.1 Å². The fraction of sp³-hybridized carbons (Fsp3) is 0.263. The normalized spacial score (nSPS) is 13.6. The number of urea groups is 1. The lowest BCUT2D eigenvalue weighted by Crippen LogP contribution is -2.45. The molecule has 8 nitrogen and oxygen atoms in total. The summed E-state index contributed by atoms with van der Waals surface area (Å²) >= 11 is 1.53. The molecule has 1 saturated heterocycles. The zero-order valence-corrected chi connectivity index (χ0v) is 15.9. The average Bonchev–Trinajstić information content (AvgIpc) is 3.15. The monoisotopic (exact) mass is 396 g/mol. The van der Waals surface area contributed by atoms with Crippen LogP contribution in [0.25, 0.3) is 10.6 Å². The molecule has 0 atom stereocenters. The van der Waals surface area contributed by atoms with Crippen LogP contribution in [0, 0.1) is 5.92 Å². The van der Waals surface area contributed by atoms with Crippen LogP contribution in [-0.4, -0.2) is 40.7 Å². The molecule has 0 bridgehead atoms. The van der Waals surface area contributed by atoms with Gasteiger partial charge in [0, 0.05) is 48.4 Å². The third-order valence-electron chi connectivity index (χ3n) is 4.21. The van der Waals surface area contributed by atoms with Gasteiger partial charge in [-0.1, -0.05) is 6.07 Å². The summed E-state index contributed by atoms with van der Waals surface area (Å²) in [5.41, 5.74) is 1.81. The summed E-state index contributed by atoms with van der Waals surface area (Å²) in [5.74, 6) is 1.47. The first kappa shape index (κ1) is 18.3. The van der Waals surface area contributed by atoms with Crippen molar-refractivity contribution in [1.82, 2.24) is 25.6 Å². The number of carbonyl (C=O) groups is 1. The highest BCUT2D eigenvalue weighted by Gasteiger charge is 2.17. The van der Waals surface area contributed by atoms with Gasteiger partial charge >= 0.3 is 6.03 Å². The second-order valence-corrected chi connectivity index (χ2v) is 7.24. The first-order valence-corrected chi connectivity index (χ1v) is 9.84. The molecule has 1 aliphatic heterocycles. The molecular weight excluding hydrogens is 376 g/mol. The topological polar surface area (TPSA) is 101 Å². The lowest BCUT2D eigenvalue weighted by atomic mass is 10.1. The van der Waals surface area contributed by atoms with Gasteiger partial charge in [-0.3, -0.25) is 10.3 Å². The van der Waals surface area contributed by atoms with Crippen LogP contribution < -0.4 is 20.7 Å². The van der Waals surface area contributed by atoms with E-state index in [0.29, 0.717) is 30.8 Å². The molecule has 0 aromatic carbocycles. The summed E-state index contributed by atoms with van der Waals surface area (Å²) in [4.78, 5) is 25.0. The molecule has 28 heavy (non-hydrogen) atoms. The van der Waals surface area contributed by atoms with Gasteiger partial charge in [-0.2, -0.15) is 4.98 Å². The van der Waals surface area contributed by atoms with Gasteiger partial charge in [0.15, 0.2) is 0 Å². The Bertz CT molecular complexity index is 929. The van der Waals surface area contributed by atoms with Crippen LogP contribution in [0.4, 0.5) is 10.6 Å². The highest BCUT2D eigenvalue weighted by molar-refractivity contribution is 7.13. The van der Waals surface area contributed by atoms with Crippen molar-refractivity contribution in [2.45, 2.75) is 6.54 Å². The van der Waals surface area contributed by atoms with Gasteiger partial charge in [0.1, 0.15) is 10.8 Å². The average molecular weight is 396 g/mol. The summed E-state index contributed by atoms with van der Waals surface area (Å²) in [6.07, 6.45) is 3.46. The van der Waals surface area contributed by atoms with E-state index in [0.717, 1.165) is 29.4 Å². The minimum absolute atomic E-state index is 0.332. The van der Waals surface area contributed by atoms with E-state index in [2.05, 4.69) is 30.9 Å². The molecule has 4 rings (SSSR count). The molecule has 1 fully saturated rings. The molecule has 0 radical (unpaired) electrons. The number of nitrogens with zero attached hydrogens (tertiary/aromatic N) is 3. The molecule has 0 spiro atoms. The minimum Gasteiger partial charge on any atom is -0.477 e. The highest BCUT2D eigenvalue weighted by atomic mass is 32.1. The third-order valence-corrected chi connectivity index (χ3v) is 5.15. The number of pyridine rings is 2. The standard InChI is InChI=1S/C19H20N6O2S/c26-19(22-10-15-12-28-18(23-15)14-4-6-20-7-5-14)25-16-2-1-3-17(24-16)27-11-13-8-21-9-13/h1-7,12-13,21H,8-11H2,(H2,22,24,25,26). The van der Waals surface area contributed by atoms with E-state index < -0.39 is 0 Å². The summed E-state index contributed by atoms with van der Waals surface area (Å²) in [7, 11) is 0. The lowest BCUT2D eigenvalue weighted by molar-refractivity contribution is 0.193. The van der Waals surface area contributed by atoms with Crippen molar-refractivity contribution < 1.29 is 9.53 Å². The Balaban J connectivity index is 1.27. The van der Waals surface area contributed by atoms with Crippen LogP contribution in [0.5, 0.6) is 5.88 Å². The number of rotatable bonds is 7. The number of hydrogen-bond donors (Lipinski definition) is 3. The van der Waals surface area contributed by atoms with Crippen molar-refractivity contribution >= 4 is 23.2 Å². The number of hydrogen-bond acceptors (Lipinski definition) is 7. The number of nitrogens with one attached hydrogen (secondary N) is 3. The second-order valence-electron chi connectivity index (χ2n) is 6.38. The largest absolute Gasteiger partial charge is 0.477 e. The Morgan fingerprint density at radius 1 is 1.21 bits per heavy atom. The Morgan fingerprint density at radius 2 is 2.07 bits per heavy atom. The summed E-state index contributed by atoms with van der Waals surface area (Å²) in [6.45, 7) is 2.90. The Morgan fingerprint density at radius 3 is 2.86 bits per heavy atom. The van der Waals surface area contributed by atoms with E-state index in [9.17, 15) is 4.79 Å². The predicted molar refractivity (Wildman–Crippen MR) is 107 cm³/mol. The zero-order valence-electron chi connectivity index (χ0n) is 15.1. The first-order valence-electron chi connectivity index (χ1n) is 8.96. The number of carbonyl (C=O) groups excluding carboxylic acids is 1. The van der Waals surface area contributed by atoms with E-state index in [4.69, 9.17) is 4.74 Å². The molecule has 1 aliphatic rings. The van der Waals surface area contributed by atoms with Gasteiger partial charge in [-0.05, 0) is 18.2 Å². The van der Waals surface area contributed by atoms with E-state index >= 15 is 0 Å². The second kappa shape index (κ2) is 8.77. The van der Waals surface area contributed by atoms with E-state index in [-0.39, 0.29) is 6.03 Å². The summed E-state index contributed by atoms with van der Waals surface area (Å²) in [6, 6.07) is 8.78. The number of thiazole rings is 1.